The van der Waals surface area contributed by atoms with Gasteiger partial charge in [0.15, 0.2) is 0 Å². The molecule has 2 aromatic carbocycles. The van der Waals surface area contributed by atoms with Crippen molar-refractivity contribution in [2.75, 3.05) is 5.32 Å². The Morgan fingerprint density at radius 1 is 1.04 bits per heavy atom. The van der Waals surface area contributed by atoms with E-state index >= 15 is 0 Å². The third kappa shape index (κ3) is 3.08. The summed E-state index contributed by atoms with van der Waals surface area (Å²) in [5, 5.41) is 4.87. The van der Waals surface area contributed by atoms with Crippen molar-refractivity contribution < 1.29 is 12.4 Å². The molecule has 118 valence electrons. The predicted octanol–water partition coefficient (Wildman–Crippen LogP) is 2.54. The van der Waals surface area contributed by atoms with E-state index in [-0.39, 0.29) is 12.4 Å². The Balaban J connectivity index is 0.00000156. The molecular formula is C19H17BrClN2-. The van der Waals surface area contributed by atoms with Crippen LogP contribution in [-0.2, 0) is 12.8 Å². The zero-order valence-corrected chi connectivity index (χ0v) is 15.2. The molecule has 0 bridgehead atoms. The third-order valence-corrected chi connectivity index (χ3v) is 4.81. The average molecular weight is 389 g/mol. The molecule has 4 heteroatoms. The van der Waals surface area contributed by atoms with Crippen LogP contribution in [0.15, 0.2) is 46.9 Å². The smallest absolute Gasteiger partial charge is 0.0726 e. The van der Waals surface area contributed by atoms with Crippen LogP contribution in [-0.4, -0.2) is 4.98 Å². The van der Waals surface area contributed by atoms with E-state index in [1.807, 2.05) is 0 Å². The molecule has 0 aliphatic heterocycles. The molecule has 2 nitrogen and oxygen atoms in total. The van der Waals surface area contributed by atoms with E-state index < -0.39 is 0 Å². The summed E-state index contributed by atoms with van der Waals surface area (Å²) in [6, 6.07) is 14.9. The summed E-state index contributed by atoms with van der Waals surface area (Å²) in [7, 11) is 0. The number of hydrogen-bond acceptors (Lipinski definition) is 2. The van der Waals surface area contributed by atoms with E-state index in [1.54, 1.807) is 0 Å². The van der Waals surface area contributed by atoms with Crippen LogP contribution in [0.25, 0.3) is 10.9 Å². The van der Waals surface area contributed by atoms with Crippen molar-refractivity contribution in [1.82, 2.24) is 4.98 Å². The quantitative estimate of drug-likeness (QED) is 0.730. The van der Waals surface area contributed by atoms with Gasteiger partial charge in [-0.2, -0.15) is 0 Å². The van der Waals surface area contributed by atoms with Crippen LogP contribution in [0, 0.1) is 6.92 Å². The van der Waals surface area contributed by atoms with Gasteiger partial charge < -0.3 is 17.7 Å². The summed E-state index contributed by atoms with van der Waals surface area (Å²) in [5.41, 5.74) is 7.36. The van der Waals surface area contributed by atoms with Gasteiger partial charge >= 0.3 is 0 Å². The maximum absolute atomic E-state index is 4.87. The van der Waals surface area contributed by atoms with Crippen LogP contribution in [0.3, 0.4) is 0 Å². The fourth-order valence-electron chi connectivity index (χ4n) is 3.20. The lowest BCUT2D eigenvalue weighted by atomic mass is 10.0. The lowest BCUT2D eigenvalue weighted by molar-refractivity contribution is -0.00000433. The Morgan fingerprint density at radius 3 is 2.61 bits per heavy atom. The molecule has 1 aromatic heterocycles. The second-order valence-electron chi connectivity index (χ2n) is 5.92. The molecular weight excluding hydrogens is 372 g/mol. The Hall–Kier alpha value is -1.58. The monoisotopic (exact) mass is 387 g/mol. The Bertz CT molecular complexity index is 859. The first-order chi connectivity index (χ1) is 10.7. The van der Waals surface area contributed by atoms with Crippen molar-refractivity contribution in [2.24, 2.45) is 0 Å². The third-order valence-electron chi connectivity index (χ3n) is 4.28. The summed E-state index contributed by atoms with van der Waals surface area (Å²) >= 11 is 3.49. The maximum Gasteiger partial charge on any atom is 0.0726 e. The standard InChI is InChI=1S/C19H17BrN2.ClH/c1-12-5-10-18-16(11-12)19(15-3-2-4-17(15)22-18)21-14-8-6-13(20)7-9-14;/h5-11H,2-4H2,1H3,(H,21,22);1H/p-1. The van der Waals surface area contributed by atoms with E-state index in [4.69, 9.17) is 4.98 Å². The molecule has 0 amide bonds. The number of benzene rings is 2. The number of anilines is 2. The Kier molecular flexibility index (Phi) is 4.60. The normalized spacial score (nSPS) is 12.8. The van der Waals surface area contributed by atoms with Gasteiger partial charge in [-0.3, -0.25) is 4.98 Å². The van der Waals surface area contributed by atoms with Gasteiger partial charge in [0.25, 0.3) is 0 Å². The largest absolute Gasteiger partial charge is 1.00 e. The Morgan fingerprint density at radius 2 is 1.83 bits per heavy atom. The first-order valence-electron chi connectivity index (χ1n) is 7.65. The average Bonchev–Trinajstić information content (AvgIpc) is 2.98. The van der Waals surface area contributed by atoms with E-state index in [2.05, 4.69) is 70.6 Å². The zero-order valence-electron chi connectivity index (χ0n) is 12.9. The fraction of sp³-hybridized carbons (Fsp3) is 0.211. The summed E-state index contributed by atoms with van der Waals surface area (Å²) in [5.74, 6) is 0. The fourth-order valence-corrected chi connectivity index (χ4v) is 3.46. The molecule has 4 rings (SSSR count). The first-order valence-corrected chi connectivity index (χ1v) is 8.45. The molecule has 0 spiro atoms. The minimum Gasteiger partial charge on any atom is -1.00 e. The van der Waals surface area contributed by atoms with Crippen molar-refractivity contribution in [1.29, 1.82) is 0 Å². The Labute approximate surface area is 150 Å². The molecule has 0 atom stereocenters. The number of pyridine rings is 1. The second-order valence-corrected chi connectivity index (χ2v) is 6.83. The van der Waals surface area contributed by atoms with Gasteiger partial charge in [0, 0.05) is 21.2 Å². The highest BCUT2D eigenvalue weighted by Gasteiger charge is 2.19. The van der Waals surface area contributed by atoms with Crippen LogP contribution in [0.2, 0.25) is 0 Å². The lowest BCUT2D eigenvalue weighted by Crippen LogP contribution is -3.00. The van der Waals surface area contributed by atoms with Crippen LogP contribution < -0.4 is 17.7 Å². The van der Waals surface area contributed by atoms with Gasteiger partial charge in [0.1, 0.15) is 0 Å². The summed E-state index contributed by atoms with van der Waals surface area (Å²) < 4.78 is 1.10. The second kappa shape index (κ2) is 6.50. The number of hydrogen-bond donors (Lipinski definition) is 1. The molecule has 0 fully saturated rings. The number of aryl methyl sites for hydroxylation is 2. The van der Waals surface area contributed by atoms with Gasteiger partial charge in [-0.1, -0.05) is 27.6 Å². The molecule has 3 aromatic rings. The van der Waals surface area contributed by atoms with Crippen molar-refractivity contribution in [2.45, 2.75) is 26.2 Å². The SMILES string of the molecule is Cc1ccc2nc3c(c(Nc4ccc(Br)cc4)c2c1)CCC3.[Cl-]. The minimum atomic E-state index is 0. The van der Waals surface area contributed by atoms with Gasteiger partial charge in [0.05, 0.1) is 11.2 Å². The van der Waals surface area contributed by atoms with Crippen molar-refractivity contribution >= 4 is 38.2 Å². The van der Waals surface area contributed by atoms with Gasteiger partial charge in [-0.05, 0) is 68.1 Å². The molecule has 0 radical (unpaired) electrons. The number of rotatable bonds is 2. The van der Waals surface area contributed by atoms with Crippen LogP contribution in [0.4, 0.5) is 11.4 Å². The molecule has 23 heavy (non-hydrogen) atoms. The zero-order chi connectivity index (χ0) is 15.1. The summed E-state index contributed by atoms with van der Waals surface area (Å²) in [6.07, 6.45) is 3.41. The van der Waals surface area contributed by atoms with Crippen LogP contribution in [0.1, 0.15) is 23.2 Å². The topological polar surface area (TPSA) is 24.9 Å². The van der Waals surface area contributed by atoms with Crippen molar-refractivity contribution in [3.05, 3.63) is 63.8 Å². The lowest BCUT2D eigenvalue weighted by Gasteiger charge is -2.15. The van der Waals surface area contributed by atoms with E-state index in [9.17, 15) is 0 Å². The molecule has 1 aliphatic carbocycles. The number of nitrogens with zero attached hydrogens (tertiary/aromatic N) is 1. The highest BCUT2D eigenvalue weighted by molar-refractivity contribution is 9.10. The maximum atomic E-state index is 4.87. The number of aromatic nitrogens is 1. The highest BCUT2D eigenvalue weighted by atomic mass is 79.9. The number of halogens is 2. The van der Waals surface area contributed by atoms with Gasteiger partial charge in [0.2, 0.25) is 0 Å². The molecule has 1 heterocycles. The molecule has 1 N–H and O–H groups in total. The predicted molar refractivity (Wildman–Crippen MR) is 95.9 cm³/mol. The van der Waals surface area contributed by atoms with Crippen LogP contribution >= 0.6 is 15.9 Å². The van der Waals surface area contributed by atoms with Crippen LogP contribution in [0.5, 0.6) is 0 Å². The highest BCUT2D eigenvalue weighted by Crippen LogP contribution is 2.36. The van der Waals surface area contributed by atoms with Crippen molar-refractivity contribution in [3.8, 4) is 0 Å². The molecule has 1 aliphatic rings. The number of fused-ring (bicyclic) bond motifs is 2. The summed E-state index contributed by atoms with van der Waals surface area (Å²) in [6.45, 7) is 2.13. The van der Waals surface area contributed by atoms with Gasteiger partial charge in [-0.25, -0.2) is 0 Å². The summed E-state index contributed by atoms with van der Waals surface area (Å²) in [4.78, 5) is 4.87. The van der Waals surface area contributed by atoms with Gasteiger partial charge in [-0.15, -0.1) is 0 Å². The van der Waals surface area contributed by atoms with E-state index in [0.29, 0.717) is 0 Å². The van der Waals surface area contributed by atoms with Crippen molar-refractivity contribution in [3.63, 3.8) is 0 Å². The number of nitrogens with one attached hydrogen (secondary N) is 1. The molecule has 0 saturated heterocycles. The molecule has 0 saturated carbocycles. The van der Waals surface area contributed by atoms with E-state index in [1.165, 1.54) is 34.3 Å². The molecule has 0 unspecified atom stereocenters. The minimum absolute atomic E-state index is 0. The van der Waals surface area contributed by atoms with E-state index in [0.717, 1.165) is 28.5 Å². The first kappa shape index (κ1) is 16.3.